The summed E-state index contributed by atoms with van der Waals surface area (Å²) in [6.07, 6.45) is 2.68. The highest BCUT2D eigenvalue weighted by atomic mass is 16.2. The van der Waals surface area contributed by atoms with Crippen molar-refractivity contribution in [1.29, 1.82) is 0 Å². The maximum Gasteiger partial charge on any atom is 0.236 e. The quantitative estimate of drug-likeness (QED) is 0.713. The number of carbonyl (C=O) groups is 2. The van der Waals surface area contributed by atoms with Crippen LogP contribution in [0.5, 0.6) is 0 Å². The van der Waals surface area contributed by atoms with Gasteiger partial charge in [0, 0.05) is 51.7 Å². The molecule has 3 aliphatic rings. The summed E-state index contributed by atoms with van der Waals surface area (Å²) in [6.45, 7) is 6.60. The molecule has 1 atom stereocenters. The lowest BCUT2D eigenvalue weighted by atomic mass is 10.1. The zero-order chi connectivity index (χ0) is 13.9. The standard InChI is InChI=1S/C14H24N4O2/c19-13-3-2-12-10-16(8-9-18(12)13)11-14(20)17-6-1-4-15-5-7-17/h12,15H,1-11H2. The van der Waals surface area contributed by atoms with Crippen molar-refractivity contribution in [3.63, 3.8) is 0 Å². The van der Waals surface area contributed by atoms with E-state index in [1.165, 1.54) is 0 Å². The van der Waals surface area contributed by atoms with E-state index < -0.39 is 0 Å². The summed E-state index contributed by atoms with van der Waals surface area (Å²) in [5.41, 5.74) is 0. The van der Waals surface area contributed by atoms with Crippen molar-refractivity contribution < 1.29 is 9.59 Å². The minimum Gasteiger partial charge on any atom is -0.340 e. The molecule has 0 bridgehead atoms. The van der Waals surface area contributed by atoms with Gasteiger partial charge in [0.25, 0.3) is 0 Å². The molecule has 0 aliphatic carbocycles. The third-order valence-electron chi connectivity index (χ3n) is 4.63. The maximum absolute atomic E-state index is 12.4. The molecule has 112 valence electrons. The van der Waals surface area contributed by atoms with E-state index in [9.17, 15) is 9.59 Å². The molecule has 0 aromatic heterocycles. The zero-order valence-corrected chi connectivity index (χ0v) is 12.0. The molecule has 20 heavy (non-hydrogen) atoms. The third kappa shape index (κ3) is 2.96. The van der Waals surface area contributed by atoms with E-state index >= 15 is 0 Å². The van der Waals surface area contributed by atoms with Crippen LogP contribution in [-0.4, -0.2) is 84.9 Å². The van der Waals surface area contributed by atoms with Crippen LogP contribution in [0.2, 0.25) is 0 Å². The van der Waals surface area contributed by atoms with E-state index in [4.69, 9.17) is 0 Å². The second-order valence-electron chi connectivity index (χ2n) is 6.00. The molecular weight excluding hydrogens is 256 g/mol. The minimum absolute atomic E-state index is 0.242. The van der Waals surface area contributed by atoms with Gasteiger partial charge in [-0.1, -0.05) is 0 Å². The predicted molar refractivity (Wildman–Crippen MR) is 75.2 cm³/mol. The highest BCUT2D eigenvalue weighted by Crippen LogP contribution is 2.22. The normalized spacial score (nSPS) is 28.4. The first kappa shape index (κ1) is 13.8. The predicted octanol–water partition coefficient (Wildman–Crippen LogP) is -0.885. The molecule has 0 radical (unpaired) electrons. The number of hydrogen-bond acceptors (Lipinski definition) is 4. The molecule has 3 rings (SSSR count). The molecule has 0 spiro atoms. The van der Waals surface area contributed by atoms with Crippen LogP contribution in [0.1, 0.15) is 19.3 Å². The van der Waals surface area contributed by atoms with Gasteiger partial charge in [-0.05, 0) is 19.4 Å². The van der Waals surface area contributed by atoms with Gasteiger partial charge < -0.3 is 15.1 Å². The van der Waals surface area contributed by atoms with E-state index in [0.29, 0.717) is 24.9 Å². The molecule has 3 heterocycles. The lowest BCUT2D eigenvalue weighted by Gasteiger charge is -2.37. The maximum atomic E-state index is 12.4. The number of nitrogens with zero attached hydrogens (tertiary/aromatic N) is 3. The average molecular weight is 280 g/mol. The van der Waals surface area contributed by atoms with Crippen LogP contribution in [0, 0.1) is 0 Å². The highest BCUT2D eigenvalue weighted by Gasteiger charge is 2.36. The first-order valence-electron chi connectivity index (χ1n) is 7.74. The van der Waals surface area contributed by atoms with Gasteiger partial charge in [0.1, 0.15) is 0 Å². The Balaban J connectivity index is 1.50. The summed E-state index contributed by atoms with van der Waals surface area (Å²) < 4.78 is 0. The summed E-state index contributed by atoms with van der Waals surface area (Å²) in [4.78, 5) is 30.2. The van der Waals surface area contributed by atoms with Crippen LogP contribution < -0.4 is 5.32 Å². The summed E-state index contributed by atoms with van der Waals surface area (Å²) in [6, 6.07) is 0.342. The first-order chi connectivity index (χ1) is 9.74. The summed E-state index contributed by atoms with van der Waals surface area (Å²) in [5.74, 6) is 0.533. The Morgan fingerprint density at radius 2 is 2.10 bits per heavy atom. The molecule has 6 heteroatoms. The van der Waals surface area contributed by atoms with E-state index in [1.54, 1.807) is 0 Å². The topological polar surface area (TPSA) is 55.9 Å². The first-order valence-corrected chi connectivity index (χ1v) is 7.74. The number of hydrogen-bond donors (Lipinski definition) is 1. The van der Waals surface area contributed by atoms with E-state index in [1.807, 2.05) is 9.80 Å². The highest BCUT2D eigenvalue weighted by molar-refractivity contribution is 5.80. The minimum atomic E-state index is 0.242. The smallest absolute Gasteiger partial charge is 0.236 e. The van der Waals surface area contributed by atoms with Crippen LogP contribution in [0.25, 0.3) is 0 Å². The summed E-state index contributed by atoms with van der Waals surface area (Å²) >= 11 is 0. The number of piperazine rings is 1. The number of fused-ring (bicyclic) bond motifs is 1. The molecule has 3 fully saturated rings. The van der Waals surface area contributed by atoms with Gasteiger partial charge >= 0.3 is 0 Å². The van der Waals surface area contributed by atoms with Crippen molar-refractivity contribution in [3.05, 3.63) is 0 Å². The van der Waals surface area contributed by atoms with E-state index in [-0.39, 0.29) is 5.91 Å². The Kier molecular flexibility index (Phi) is 4.21. The third-order valence-corrected chi connectivity index (χ3v) is 4.63. The Hall–Kier alpha value is -1.14. The Morgan fingerprint density at radius 1 is 1.20 bits per heavy atom. The molecule has 0 aromatic carbocycles. The fourth-order valence-electron chi connectivity index (χ4n) is 3.46. The molecule has 0 aromatic rings. The molecule has 3 saturated heterocycles. The average Bonchev–Trinajstić information content (AvgIpc) is 2.68. The largest absolute Gasteiger partial charge is 0.340 e. The van der Waals surface area contributed by atoms with E-state index in [0.717, 1.165) is 58.7 Å². The molecular formula is C14H24N4O2. The Labute approximate surface area is 120 Å². The van der Waals surface area contributed by atoms with Gasteiger partial charge in [-0.3, -0.25) is 14.5 Å². The summed E-state index contributed by atoms with van der Waals surface area (Å²) in [7, 11) is 0. The summed E-state index contributed by atoms with van der Waals surface area (Å²) in [5, 5.41) is 3.32. The van der Waals surface area contributed by atoms with Crippen LogP contribution in [0.4, 0.5) is 0 Å². The lowest BCUT2D eigenvalue weighted by Crippen LogP contribution is -2.54. The molecule has 1 N–H and O–H groups in total. The van der Waals surface area contributed by atoms with Crippen molar-refractivity contribution >= 4 is 11.8 Å². The van der Waals surface area contributed by atoms with Crippen LogP contribution in [0.15, 0.2) is 0 Å². The monoisotopic (exact) mass is 280 g/mol. The number of nitrogens with one attached hydrogen (secondary N) is 1. The Morgan fingerprint density at radius 3 is 3.00 bits per heavy atom. The van der Waals surface area contributed by atoms with Crippen molar-refractivity contribution in [2.24, 2.45) is 0 Å². The molecule has 3 aliphatic heterocycles. The molecule has 6 nitrogen and oxygen atoms in total. The molecule has 1 unspecified atom stereocenters. The zero-order valence-electron chi connectivity index (χ0n) is 12.0. The van der Waals surface area contributed by atoms with Gasteiger partial charge in [0.15, 0.2) is 0 Å². The van der Waals surface area contributed by atoms with E-state index in [2.05, 4.69) is 10.2 Å². The SMILES string of the molecule is O=C(CN1CCN2C(=O)CCC2C1)N1CCCNCC1. The van der Waals surface area contributed by atoms with Crippen LogP contribution in [0.3, 0.4) is 0 Å². The van der Waals surface area contributed by atoms with Crippen molar-refractivity contribution in [1.82, 2.24) is 20.0 Å². The number of carbonyl (C=O) groups excluding carboxylic acids is 2. The second-order valence-corrected chi connectivity index (χ2v) is 6.00. The van der Waals surface area contributed by atoms with Gasteiger partial charge in [-0.15, -0.1) is 0 Å². The van der Waals surface area contributed by atoms with Crippen LogP contribution >= 0.6 is 0 Å². The molecule has 0 saturated carbocycles. The number of rotatable bonds is 2. The second kappa shape index (κ2) is 6.10. The van der Waals surface area contributed by atoms with Crippen LogP contribution in [-0.2, 0) is 9.59 Å². The van der Waals surface area contributed by atoms with Crippen molar-refractivity contribution in [2.45, 2.75) is 25.3 Å². The van der Waals surface area contributed by atoms with Gasteiger partial charge in [0.05, 0.1) is 6.54 Å². The van der Waals surface area contributed by atoms with Gasteiger partial charge in [0.2, 0.25) is 11.8 Å². The Bertz CT molecular complexity index is 379. The fourth-order valence-corrected chi connectivity index (χ4v) is 3.46. The lowest BCUT2D eigenvalue weighted by molar-refractivity contribution is -0.134. The fraction of sp³-hybridized carbons (Fsp3) is 0.857. The van der Waals surface area contributed by atoms with Crippen molar-refractivity contribution in [2.75, 3.05) is 52.4 Å². The van der Waals surface area contributed by atoms with Gasteiger partial charge in [-0.2, -0.15) is 0 Å². The van der Waals surface area contributed by atoms with Gasteiger partial charge in [-0.25, -0.2) is 0 Å². The van der Waals surface area contributed by atoms with Crippen molar-refractivity contribution in [3.8, 4) is 0 Å². The molecule has 2 amide bonds. The number of amides is 2.